The number of methoxy groups -OCH3 is 3. The number of benzene rings is 1. The van der Waals surface area contributed by atoms with Gasteiger partial charge >= 0.3 is 0 Å². The van der Waals surface area contributed by atoms with Gasteiger partial charge in [-0.05, 0) is 6.07 Å². The molecule has 2 heterocycles. The van der Waals surface area contributed by atoms with Gasteiger partial charge in [0.1, 0.15) is 5.82 Å². The average Bonchev–Trinajstić information content (AvgIpc) is 2.67. The first-order chi connectivity index (χ1) is 13.3. The zero-order chi connectivity index (χ0) is 20.5. The molecule has 0 bridgehead atoms. The third kappa shape index (κ3) is 3.85. The highest BCUT2D eigenvalue weighted by Gasteiger charge is 2.26. The topological polar surface area (TPSA) is 76.7 Å². The van der Waals surface area contributed by atoms with Crippen LogP contribution in [-0.4, -0.2) is 42.7 Å². The van der Waals surface area contributed by atoms with E-state index in [0.717, 1.165) is 35.6 Å². The molecular formula is C21H29N3O4. The van der Waals surface area contributed by atoms with Gasteiger partial charge in [0.15, 0.2) is 11.5 Å². The van der Waals surface area contributed by atoms with Crippen LogP contribution in [0.5, 0.6) is 17.2 Å². The Kier molecular flexibility index (Phi) is 5.65. The summed E-state index contributed by atoms with van der Waals surface area (Å²) < 4.78 is 16.4. The van der Waals surface area contributed by atoms with E-state index in [1.165, 1.54) is 0 Å². The maximum absolute atomic E-state index is 12.7. The minimum atomic E-state index is -0.182. The minimum absolute atomic E-state index is 0.0427. The molecule has 1 aliphatic heterocycles. The van der Waals surface area contributed by atoms with Crippen LogP contribution in [-0.2, 0) is 24.9 Å². The Morgan fingerprint density at radius 3 is 2.43 bits per heavy atom. The Morgan fingerprint density at radius 2 is 1.82 bits per heavy atom. The molecule has 28 heavy (non-hydrogen) atoms. The highest BCUT2D eigenvalue weighted by Crippen LogP contribution is 2.40. The number of rotatable bonds is 5. The maximum Gasteiger partial charge on any atom is 0.255 e. The SMILES string of the molecule is COc1ccc(CN2CCc3nc(C(C)(C)C)[nH]c(=O)c3C2)c(OC)c1OC. The van der Waals surface area contributed by atoms with Crippen molar-refractivity contribution in [1.82, 2.24) is 14.9 Å². The number of fused-ring (bicyclic) bond motifs is 1. The molecule has 0 fully saturated rings. The molecule has 1 aliphatic rings. The molecule has 1 aromatic heterocycles. The Hall–Kier alpha value is -2.54. The van der Waals surface area contributed by atoms with Crippen molar-refractivity contribution in [2.24, 2.45) is 0 Å². The molecule has 1 aromatic carbocycles. The number of ether oxygens (including phenoxy) is 3. The normalized spacial score (nSPS) is 14.5. The second-order valence-corrected chi connectivity index (χ2v) is 8.04. The van der Waals surface area contributed by atoms with E-state index >= 15 is 0 Å². The van der Waals surface area contributed by atoms with E-state index < -0.39 is 0 Å². The Balaban J connectivity index is 1.87. The molecule has 0 saturated heterocycles. The maximum atomic E-state index is 12.7. The van der Waals surface area contributed by atoms with Crippen LogP contribution in [0.1, 0.15) is 43.4 Å². The molecule has 2 aromatic rings. The molecule has 0 aliphatic carbocycles. The highest BCUT2D eigenvalue weighted by atomic mass is 16.5. The molecule has 7 heteroatoms. The summed E-state index contributed by atoms with van der Waals surface area (Å²) >= 11 is 0. The predicted octanol–water partition coefficient (Wildman–Crippen LogP) is 2.65. The predicted molar refractivity (Wildman–Crippen MR) is 107 cm³/mol. The first-order valence-corrected chi connectivity index (χ1v) is 9.41. The van der Waals surface area contributed by atoms with Crippen molar-refractivity contribution >= 4 is 0 Å². The summed E-state index contributed by atoms with van der Waals surface area (Å²) in [6.07, 6.45) is 0.748. The van der Waals surface area contributed by atoms with Crippen molar-refractivity contribution in [1.29, 1.82) is 0 Å². The van der Waals surface area contributed by atoms with Crippen LogP contribution in [0.15, 0.2) is 16.9 Å². The van der Waals surface area contributed by atoms with Crippen LogP contribution in [0.25, 0.3) is 0 Å². The van der Waals surface area contributed by atoms with Crippen molar-refractivity contribution in [3.8, 4) is 17.2 Å². The largest absolute Gasteiger partial charge is 0.493 e. The summed E-state index contributed by atoms with van der Waals surface area (Å²) in [5.41, 5.74) is 2.42. The summed E-state index contributed by atoms with van der Waals surface area (Å²) in [6.45, 7) is 8.18. The number of hydrogen-bond donors (Lipinski definition) is 1. The van der Waals surface area contributed by atoms with E-state index in [-0.39, 0.29) is 11.0 Å². The van der Waals surface area contributed by atoms with Crippen molar-refractivity contribution in [2.75, 3.05) is 27.9 Å². The van der Waals surface area contributed by atoms with Gasteiger partial charge in [-0.15, -0.1) is 0 Å². The van der Waals surface area contributed by atoms with Crippen LogP contribution in [0.4, 0.5) is 0 Å². The molecule has 7 nitrogen and oxygen atoms in total. The highest BCUT2D eigenvalue weighted by molar-refractivity contribution is 5.55. The number of hydrogen-bond acceptors (Lipinski definition) is 6. The summed E-state index contributed by atoms with van der Waals surface area (Å²) in [5.74, 6) is 2.60. The van der Waals surface area contributed by atoms with Crippen molar-refractivity contribution in [2.45, 2.75) is 45.7 Å². The molecule has 152 valence electrons. The average molecular weight is 387 g/mol. The van der Waals surface area contributed by atoms with Gasteiger partial charge in [0.2, 0.25) is 5.75 Å². The van der Waals surface area contributed by atoms with Gasteiger partial charge in [-0.25, -0.2) is 4.98 Å². The third-order valence-corrected chi connectivity index (χ3v) is 5.04. The van der Waals surface area contributed by atoms with E-state index in [2.05, 4.69) is 30.7 Å². The zero-order valence-electron chi connectivity index (χ0n) is 17.5. The molecule has 0 unspecified atom stereocenters. The number of aromatic nitrogens is 2. The van der Waals surface area contributed by atoms with Crippen LogP contribution in [0.3, 0.4) is 0 Å². The smallest absolute Gasteiger partial charge is 0.255 e. The lowest BCUT2D eigenvalue weighted by atomic mass is 9.95. The third-order valence-electron chi connectivity index (χ3n) is 5.04. The standard InChI is InChI=1S/C21H29N3O4/c1-21(2,3)20-22-15-9-10-24(12-14(15)19(25)23-20)11-13-7-8-16(26-4)18(28-6)17(13)27-5/h7-8H,9-12H2,1-6H3,(H,22,23,25). The number of H-pyrrole nitrogens is 1. The van der Waals surface area contributed by atoms with E-state index in [9.17, 15) is 4.79 Å². The Bertz CT molecular complexity index is 915. The lowest BCUT2D eigenvalue weighted by molar-refractivity contribution is 0.235. The lowest BCUT2D eigenvalue weighted by Crippen LogP contribution is -2.37. The molecule has 0 spiro atoms. The second-order valence-electron chi connectivity index (χ2n) is 8.04. The summed E-state index contributed by atoms with van der Waals surface area (Å²) in [4.78, 5) is 22.6. The minimum Gasteiger partial charge on any atom is -0.493 e. The molecule has 1 N–H and O–H groups in total. The van der Waals surface area contributed by atoms with E-state index in [1.807, 2.05) is 12.1 Å². The van der Waals surface area contributed by atoms with Crippen molar-refractivity contribution in [3.63, 3.8) is 0 Å². The van der Waals surface area contributed by atoms with E-state index in [0.29, 0.717) is 30.3 Å². The lowest BCUT2D eigenvalue weighted by Gasteiger charge is -2.29. The number of nitrogens with zero attached hydrogens (tertiary/aromatic N) is 2. The van der Waals surface area contributed by atoms with Crippen molar-refractivity contribution in [3.05, 3.63) is 45.1 Å². The van der Waals surface area contributed by atoms with Crippen molar-refractivity contribution < 1.29 is 14.2 Å². The van der Waals surface area contributed by atoms with Gasteiger partial charge in [-0.3, -0.25) is 9.69 Å². The first kappa shape index (κ1) is 20.2. The summed E-state index contributed by atoms with van der Waals surface area (Å²) in [7, 11) is 4.82. The van der Waals surface area contributed by atoms with Crippen LogP contribution < -0.4 is 19.8 Å². The van der Waals surface area contributed by atoms with Gasteiger partial charge in [0.05, 0.1) is 32.6 Å². The summed E-state index contributed by atoms with van der Waals surface area (Å²) in [6, 6.07) is 3.85. The molecular weight excluding hydrogens is 358 g/mol. The Morgan fingerprint density at radius 1 is 1.11 bits per heavy atom. The molecule has 0 atom stereocenters. The van der Waals surface area contributed by atoms with Gasteiger partial charge in [0.25, 0.3) is 5.56 Å². The quantitative estimate of drug-likeness (QED) is 0.850. The van der Waals surface area contributed by atoms with Gasteiger partial charge in [0, 0.05) is 37.0 Å². The second kappa shape index (κ2) is 7.83. The fraction of sp³-hybridized carbons (Fsp3) is 0.524. The van der Waals surface area contributed by atoms with Gasteiger partial charge in [-0.2, -0.15) is 0 Å². The fourth-order valence-corrected chi connectivity index (χ4v) is 3.50. The number of nitrogens with one attached hydrogen (secondary N) is 1. The molecule has 0 saturated carbocycles. The molecule has 3 rings (SSSR count). The van der Waals surface area contributed by atoms with Crippen LogP contribution in [0.2, 0.25) is 0 Å². The fourth-order valence-electron chi connectivity index (χ4n) is 3.50. The van der Waals surface area contributed by atoms with Gasteiger partial charge < -0.3 is 19.2 Å². The summed E-state index contributed by atoms with van der Waals surface area (Å²) in [5, 5.41) is 0. The first-order valence-electron chi connectivity index (χ1n) is 9.41. The number of aromatic amines is 1. The molecule has 0 radical (unpaired) electrons. The monoisotopic (exact) mass is 387 g/mol. The van der Waals surface area contributed by atoms with Crippen LogP contribution in [0, 0.1) is 0 Å². The zero-order valence-corrected chi connectivity index (χ0v) is 17.5. The van der Waals surface area contributed by atoms with Gasteiger partial charge in [-0.1, -0.05) is 26.8 Å². The molecule has 0 amide bonds. The Labute approximate surface area is 165 Å². The van der Waals surface area contributed by atoms with E-state index in [1.54, 1.807) is 21.3 Å². The van der Waals surface area contributed by atoms with E-state index in [4.69, 9.17) is 19.2 Å². The van der Waals surface area contributed by atoms with Crippen LogP contribution >= 0.6 is 0 Å².